The van der Waals surface area contributed by atoms with Crippen LogP contribution in [-0.4, -0.2) is 32.0 Å². The predicted molar refractivity (Wildman–Crippen MR) is 113 cm³/mol. The zero-order valence-corrected chi connectivity index (χ0v) is 16.4. The van der Waals surface area contributed by atoms with Crippen LogP contribution in [0.15, 0.2) is 59.6 Å². The van der Waals surface area contributed by atoms with E-state index in [-0.39, 0.29) is 0 Å². The molecule has 5 nitrogen and oxygen atoms in total. The topological polar surface area (TPSA) is 63.1 Å². The van der Waals surface area contributed by atoms with Crippen molar-refractivity contribution < 1.29 is 8.42 Å². The molecule has 0 unspecified atom stereocenters. The van der Waals surface area contributed by atoms with Gasteiger partial charge in [-0.3, -0.25) is 0 Å². The van der Waals surface area contributed by atoms with Crippen LogP contribution in [0, 0.1) is 0 Å². The molecule has 28 heavy (non-hydrogen) atoms. The quantitative estimate of drug-likeness (QED) is 0.714. The van der Waals surface area contributed by atoms with Gasteiger partial charge in [-0.2, -0.15) is 0 Å². The first kappa shape index (κ1) is 17.5. The van der Waals surface area contributed by atoms with Crippen molar-refractivity contribution >= 4 is 32.2 Å². The molecule has 3 aromatic rings. The van der Waals surface area contributed by atoms with Gasteiger partial charge in [-0.1, -0.05) is 30.3 Å². The van der Waals surface area contributed by atoms with Crippen LogP contribution in [0.2, 0.25) is 0 Å². The third-order valence-corrected chi connectivity index (χ3v) is 7.33. The molecule has 0 aliphatic carbocycles. The summed E-state index contributed by atoms with van der Waals surface area (Å²) in [6.45, 7) is 2.61. The maximum absolute atomic E-state index is 13.5. The van der Waals surface area contributed by atoms with Crippen molar-refractivity contribution in [3.8, 4) is 0 Å². The minimum absolute atomic E-state index is 0.326. The minimum Gasteiger partial charge on any atom is -0.385 e. The number of anilines is 1. The van der Waals surface area contributed by atoms with Gasteiger partial charge >= 0.3 is 0 Å². The van der Waals surface area contributed by atoms with Crippen LogP contribution in [0.25, 0.3) is 16.5 Å². The van der Waals surface area contributed by atoms with Gasteiger partial charge in [0.15, 0.2) is 0 Å². The zero-order valence-electron chi connectivity index (χ0n) is 15.6. The average Bonchev–Trinajstić information content (AvgIpc) is 3.14. The fourth-order valence-electron chi connectivity index (χ4n) is 4.19. The Hall–Kier alpha value is -2.57. The molecule has 6 heteroatoms. The lowest BCUT2D eigenvalue weighted by molar-refractivity contribution is 0.589. The standard InChI is InChI=1S/C22H23N3O2S/c26-28(27,18-8-7-17-4-3-11-24-21(17)14-18)25-15-20(16-9-12-23-13-10-16)19-5-1-2-6-22(19)25/h1-2,5-9,14-15,23-24H,3-4,10-13H2. The van der Waals surface area contributed by atoms with Gasteiger partial charge in [0.2, 0.25) is 0 Å². The van der Waals surface area contributed by atoms with Gasteiger partial charge in [-0.15, -0.1) is 0 Å². The maximum atomic E-state index is 13.5. The van der Waals surface area contributed by atoms with E-state index < -0.39 is 10.0 Å². The van der Waals surface area contributed by atoms with Crippen molar-refractivity contribution in [2.75, 3.05) is 25.0 Å². The van der Waals surface area contributed by atoms with Gasteiger partial charge in [0.25, 0.3) is 10.0 Å². The summed E-state index contributed by atoms with van der Waals surface area (Å²) >= 11 is 0. The molecule has 0 fully saturated rings. The second-order valence-corrected chi connectivity index (χ2v) is 9.21. The lowest BCUT2D eigenvalue weighted by Gasteiger charge is -2.19. The van der Waals surface area contributed by atoms with Crippen molar-refractivity contribution in [3.05, 3.63) is 65.9 Å². The van der Waals surface area contributed by atoms with Crippen LogP contribution in [0.1, 0.15) is 24.0 Å². The summed E-state index contributed by atoms with van der Waals surface area (Å²) in [5.74, 6) is 0. The van der Waals surface area contributed by atoms with Crippen LogP contribution in [0.4, 0.5) is 5.69 Å². The van der Waals surface area contributed by atoms with Gasteiger partial charge in [-0.25, -0.2) is 12.4 Å². The number of nitrogens with zero attached hydrogens (tertiary/aromatic N) is 1. The van der Waals surface area contributed by atoms with Crippen LogP contribution in [0.3, 0.4) is 0 Å². The highest BCUT2D eigenvalue weighted by atomic mass is 32.2. The average molecular weight is 394 g/mol. The lowest BCUT2D eigenvalue weighted by atomic mass is 10.00. The Balaban J connectivity index is 1.67. The molecule has 2 N–H and O–H groups in total. The molecule has 2 aliphatic heterocycles. The summed E-state index contributed by atoms with van der Waals surface area (Å²) in [5, 5.41) is 7.63. The highest BCUT2D eigenvalue weighted by molar-refractivity contribution is 7.90. The van der Waals surface area contributed by atoms with E-state index in [1.165, 1.54) is 15.1 Å². The normalized spacial score (nSPS) is 17.1. The van der Waals surface area contributed by atoms with E-state index in [1.54, 1.807) is 18.3 Å². The first-order valence-electron chi connectivity index (χ1n) is 9.77. The summed E-state index contributed by atoms with van der Waals surface area (Å²) in [7, 11) is -3.68. The largest absolute Gasteiger partial charge is 0.385 e. The molecule has 0 saturated heterocycles. The van der Waals surface area contributed by atoms with E-state index in [9.17, 15) is 8.42 Å². The number of para-hydroxylation sites is 1. The molecular formula is C22H23N3O2S. The van der Waals surface area contributed by atoms with E-state index in [4.69, 9.17) is 0 Å². The lowest BCUT2D eigenvalue weighted by Crippen LogP contribution is -2.20. The number of hydrogen-bond acceptors (Lipinski definition) is 4. The van der Waals surface area contributed by atoms with E-state index in [2.05, 4.69) is 16.7 Å². The number of aromatic nitrogens is 1. The van der Waals surface area contributed by atoms with Gasteiger partial charge in [0, 0.05) is 35.9 Å². The minimum atomic E-state index is -3.68. The van der Waals surface area contributed by atoms with Gasteiger partial charge in [-0.05, 0) is 55.1 Å². The Labute approximate surface area is 165 Å². The molecule has 5 rings (SSSR count). The van der Waals surface area contributed by atoms with E-state index in [0.29, 0.717) is 4.90 Å². The fourth-order valence-corrected chi connectivity index (χ4v) is 5.58. The van der Waals surface area contributed by atoms with Crippen molar-refractivity contribution in [3.63, 3.8) is 0 Å². The Morgan fingerprint density at radius 1 is 1.00 bits per heavy atom. The van der Waals surface area contributed by atoms with Gasteiger partial charge < -0.3 is 10.6 Å². The zero-order chi connectivity index (χ0) is 19.1. The summed E-state index contributed by atoms with van der Waals surface area (Å²) in [6, 6.07) is 13.2. The van der Waals surface area contributed by atoms with Gasteiger partial charge in [0.05, 0.1) is 10.4 Å². The molecule has 2 aliphatic rings. The third kappa shape index (κ3) is 2.84. The number of fused-ring (bicyclic) bond motifs is 2. The van der Waals surface area contributed by atoms with Crippen LogP contribution in [-0.2, 0) is 16.4 Å². The van der Waals surface area contributed by atoms with Crippen LogP contribution < -0.4 is 10.6 Å². The first-order chi connectivity index (χ1) is 13.6. The Morgan fingerprint density at radius 3 is 2.75 bits per heavy atom. The molecule has 0 bridgehead atoms. The maximum Gasteiger partial charge on any atom is 0.268 e. The molecule has 0 amide bonds. The third-order valence-electron chi connectivity index (χ3n) is 5.66. The smallest absolute Gasteiger partial charge is 0.268 e. The summed E-state index contributed by atoms with van der Waals surface area (Å²) < 4.78 is 28.5. The molecule has 3 heterocycles. The number of rotatable bonds is 3. The SMILES string of the molecule is O=S(=O)(c1ccc2c(c1)NCCC2)n1cc(C2=CCNCC2)c2ccccc21. The Bertz CT molecular complexity index is 1190. The molecular weight excluding hydrogens is 370 g/mol. The number of aryl methyl sites for hydroxylation is 1. The molecule has 0 radical (unpaired) electrons. The Morgan fingerprint density at radius 2 is 1.89 bits per heavy atom. The monoisotopic (exact) mass is 393 g/mol. The summed E-state index contributed by atoms with van der Waals surface area (Å²) in [5.41, 5.74) is 5.06. The van der Waals surface area contributed by atoms with Crippen molar-refractivity contribution in [2.45, 2.75) is 24.2 Å². The molecule has 1 aromatic heterocycles. The van der Waals surface area contributed by atoms with Crippen molar-refractivity contribution in [2.24, 2.45) is 0 Å². The van der Waals surface area contributed by atoms with Gasteiger partial charge in [0.1, 0.15) is 0 Å². The highest BCUT2D eigenvalue weighted by Gasteiger charge is 2.24. The highest BCUT2D eigenvalue weighted by Crippen LogP contribution is 2.33. The molecule has 0 spiro atoms. The van der Waals surface area contributed by atoms with E-state index in [1.807, 2.05) is 30.3 Å². The van der Waals surface area contributed by atoms with Crippen molar-refractivity contribution in [1.29, 1.82) is 0 Å². The van der Waals surface area contributed by atoms with E-state index >= 15 is 0 Å². The fraction of sp³-hybridized carbons (Fsp3) is 0.273. The summed E-state index contributed by atoms with van der Waals surface area (Å²) in [6.07, 6.45) is 6.92. The van der Waals surface area contributed by atoms with Crippen LogP contribution >= 0.6 is 0 Å². The number of hydrogen-bond donors (Lipinski definition) is 2. The van der Waals surface area contributed by atoms with Crippen LogP contribution in [0.5, 0.6) is 0 Å². The molecule has 0 saturated carbocycles. The molecule has 144 valence electrons. The second kappa shape index (κ2) is 6.79. The number of nitrogens with one attached hydrogen (secondary N) is 2. The molecule has 2 aromatic carbocycles. The Kier molecular flexibility index (Phi) is 4.25. The first-order valence-corrected chi connectivity index (χ1v) is 11.2. The molecule has 0 atom stereocenters. The predicted octanol–water partition coefficient (Wildman–Crippen LogP) is 3.61. The number of benzene rings is 2. The van der Waals surface area contributed by atoms with Crippen molar-refractivity contribution in [1.82, 2.24) is 9.29 Å². The summed E-state index contributed by atoms with van der Waals surface area (Å²) in [4.78, 5) is 0.326. The second-order valence-electron chi connectivity index (χ2n) is 7.39. The van der Waals surface area contributed by atoms with E-state index in [0.717, 1.165) is 61.1 Å².